The molecular formula is C21H28N2O3S. The third-order valence-corrected chi connectivity index (χ3v) is 6.20. The third kappa shape index (κ3) is 3.81. The Morgan fingerprint density at radius 3 is 2.52 bits per heavy atom. The fourth-order valence-electron chi connectivity index (χ4n) is 3.76. The van der Waals surface area contributed by atoms with E-state index in [1.54, 1.807) is 12.1 Å². The molecular weight excluding hydrogens is 360 g/mol. The molecule has 1 N–H and O–H groups in total. The number of nitrogens with zero attached hydrogens (tertiary/aromatic N) is 1. The van der Waals surface area contributed by atoms with E-state index >= 15 is 0 Å². The van der Waals surface area contributed by atoms with Gasteiger partial charge in [0.15, 0.2) is 9.84 Å². The zero-order valence-corrected chi connectivity index (χ0v) is 17.5. The third-order valence-electron chi connectivity index (χ3n) is 5.09. The SMILES string of the molecule is CCCNc1ccc(S(C)(=O)=O)cc1-c1cc(C)c(=O)n2c1CC(C)(C)C2. The molecule has 3 rings (SSSR count). The Kier molecular flexibility index (Phi) is 4.97. The van der Waals surface area contributed by atoms with Gasteiger partial charge in [0.1, 0.15) is 0 Å². The second-order valence-corrected chi connectivity index (χ2v) is 10.3. The van der Waals surface area contributed by atoms with E-state index in [0.717, 1.165) is 41.9 Å². The van der Waals surface area contributed by atoms with E-state index in [0.29, 0.717) is 17.0 Å². The summed E-state index contributed by atoms with van der Waals surface area (Å²) in [6.07, 6.45) is 2.97. The van der Waals surface area contributed by atoms with Gasteiger partial charge in [-0.2, -0.15) is 0 Å². The predicted molar refractivity (Wildman–Crippen MR) is 110 cm³/mol. The van der Waals surface area contributed by atoms with Crippen molar-refractivity contribution < 1.29 is 8.42 Å². The number of anilines is 1. The molecule has 0 aliphatic carbocycles. The van der Waals surface area contributed by atoms with Gasteiger partial charge in [-0.15, -0.1) is 0 Å². The number of aromatic nitrogens is 1. The lowest BCUT2D eigenvalue weighted by atomic mass is 9.89. The summed E-state index contributed by atoms with van der Waals surface area (Å²) in [6.45, 7) is 9.70. The number of fused-ring (bicyclic) bond motifs is 1. The van der Waals surface area contributed by atoms with Crippen LogP contribution in [0.15, 0.2) is 34.0 Å². The summed E-state index contributed by atoms with van der Waals surface area (Å²) in [5, 5.41) is 3.40. The Labute approximate surface area is 161 Å². The lowest BCUT2D eigenvalue weighted by molar-refractivity contribution is 0.357. The van der Waals surface area contributed by atoms with Crippen LogP contribution in [-0.2, 0) is 22.8 Å². The molecule has 0 fully saturated rings. The van der Waals surface area contributed by atoms with Crippen LogP contribution in [0, 0.1) is 12.3 Å². The standard InChI is InChI=1S/C21H28N2O3S/c1-6-9-22-18-8-7-15(27(5,25)26)11-16(18)17-10-14(2)20(24)23-13-21(3,4)12-19(17)23/h7-8,10-11,22H,6,9,12-13H2,1-5H3. The monoisotopic (exact) mass is 388 g/mol. The molecule has 1 aliphatic rings. The summed E-state index contributed by atoms with van der Waals surface area (Å²) in [6, 6.07) is 7.12. The van der Waals surface area contributed by atoms with Crippen LogP contribution in [0.3, 0.4) is 0 Å². The molecule has 0 saturated heterocycles. The van der Waals surface area contributed by atoms with Crippen molar-refractivity contribution in [2.24, 2.45) is 5.41 Å². The largest absolute Gasteiger partial charge is 0.385 e. The maximum absolute atomic E-state index is 12.7. The predicted octanol–water partition coefficient (Wildman–Crippen LogP) is 3.63. The van der Waals surface area contributed by atoms with Crippen molar-refractivity contribution in [3.8, 4) is 11.1 Å². The summed E-state index contributed by atoms with van der Waals surface area (Å²) < 4.78 is 26.1. The molecule has 2 aromatic rings. The highest BCUT2D eigenvalue weighted by Crippen LogP contribution is 2.39. The van der Waals surface area contributed by atoms with Crippen LogP contribution in [0.4, 0.5) is 5.69 Å². The fraction of sp³-hybridized carbons (Fsp3) is 0.476. The molecule has 0 spiro atoms. The summed E-state index contributed by atoms with van der Waals surface area (Å²) in [4.78, 5) is 13.0. The van der Waals surface area contributed by atoms with Crippen molar-refractivity contribution in [3.05, 3.63) is 45.9 Å². The molecule has 27 heavy (non-hydrogen) atoms. The Morgan fingerprint density at radius 1 is 1.19 bits per heavy atom. The molecule has 0 atom stereocenters. The first kappa shape index (κ1) is 19.7. The van der Waals surface area contributed by atoms with E-state index in [4.69, 9.17) is 0 Å². The maximum Gasteiger partial charge on any atom is 0.253 e. The minimum atomic E-state index is -3.32. The molecule has 0 amide bonds. The lowest BCUT2D eigenvalue weighted by Gasteiger charge is -2.17. The fourth-order valence-corrected chi connectivity index (χ4v) is 4.41. The molecule has 146 valence electrons. The zero-order chi connectivity index (χ0) is 20.0. The molecule has 1 aliphatic heterocycles. The number of nitrogens with one attached hydrogen (secondary N) is 1. The van der Waals surface area contributed by atoms with Crippen molar-refractivity contribution in [1.82, 2.24) is 4.57 Å². The van der Waals surface area contributed by atoms with Gasteiger partial charge in [-0.3, -0.25) is 4.79 Å². The molecule has 5 nitrogen and oxygen atoms in total. The highest BCUT2D eigenvalue weighted by Gasteiger charge is 2.32. The maximum atomic E-state index is 12.7. The highest BCUT2D eigenvalue weighted by molar-refractivity contribution is 7.90. The van der Waals surface area contributed by atoms with Crippen molar-refractivity contribution >= 4 is 15.5 Å². The van der Waals surface area contributed by atoms with Gasteiger partial charge in [0.25, 0.3) is 5.56 Å². The van der Waals surface area contributed by atoms with Crippen molar-refractivity contribution in [3.63, 3.8) is 0 Å². The van der Waals surface area contributed by atoms with Gasteiger partial charge < -0.3 is 9.88 Å². The Hall–Kier alpha value is -2.08. The van der Waals surface area contributed by atoms with Crippen molar-refractivity contribution in [2.75, 3.05) is 18.1 Å². The average Bonchev–Trinajstić information content (AvgIpc) is 2.91. The first-order chi connectivity index (χ1) is 12.5. The van der Waals surface area contributed by atoms with E-state index < -0.39 is 9.84 Å². The van der Waals surface area contributed by atoms with E-state index in [1.807, 2.05) is 23.6 Å². The van der Waals surface area contributed by atoms with E-state index in [1.165, 1.54) is 6.26 Å². The average molecular weight is 389 g/mol. The quantitative estimate of drug-likeness (QED) is 0.849. The number of benzene rings is 1. The second-order valence-electron chi connectivity index (χ2n) is 8.33. The Bertz CT molecular complexity index is 1050. The minimum absolute atomic E-state index is 0.000156. The first-order valence-corrected chi connectivity index (χ1v) is 11.2. The van der Waals surface area contributed by atoms with Crippen molar-refractivity contribution in [2.45, 2.75) is 52.0 Å². The van der Waals surface area contributed by atoms with E-state index in [-0.39, 0.29) is 11.0 Å². The molecule has 0 saturated carbocycles. The Morgan fingerprint density at radius 2 is 1.89 bits per heavy atom. The first-order valence-electron chi connectivity index (χ1n) is 9.35. The van der Waals surface area contributed by atoms with Crippen LogP contribution in [-0.4, -0.2) is 25.8 Å². The number of hydrogen-bond acceptors (Lipinski definition) is 4. The van der Waals surface area contributed by atoms with Crippen LogP contribution in [0.25, 0.3) is 11.1 Å². The van der Waals surface area contributed by atoms with Crippen LogP contribution in [0.1, 0.15) is 38.4 Å². The lowest BCUT2D eigenvalue weighted by Crippen LogP contribution is -2.24. The summed E-state index contributed by atoms with van der Waals surface area (Å²) in [5.74, 6) is 0. The number of pyridine rings is 1. The van der Waals surface area contributed by atoms with Crippen molar-refractivity contribution in [1.29, 1.82) is 0 Å². The van der Waals surface area contributed by atoms with Gasteiger partial charge in [-0.1, -0.05) is 20.8 Å². The van der Waals surface area contributed by atoms with E-state index in [9.17, 15) is 13.2 Å². The normalized spacial score (nSPS) is 15.6. The molecule has 1 aromatic heterocycles. The second kappa shape index (κ2) is 6.82. The summed E-state index contributed by atoms with van der Waals surface area (Å²) >= 11 is 0. The summed E-state index contributed by atoms with van der Waals surface area (Å²) in [7, 11) is -3.32. The zero-order valence-electron chi connectivity index (χ0n) is 16.7. The van der Waals surface area contributed by atoms with Gasteiger partial charge >= 0.3 is 0 Å². The molecule has 6 heteroatoms. The Balaban J connectivity index is 2.29. The molecule has 0 unspecified atom stereocenters. The van der Waals surface area contributed by atoms with Gasteiger partial charge in [-0.25, -0.2) is 8.42 Å². The van der Waals surface area contributed by atoms with Crippen LogP contribution in [0.5, 0.6) is 0 Å². The number of rotatable bonds is 5. The van der Waals surface area contributed by atoms with Crippen LogP contribution >= 0.6 is 0 Å². The highest BCUT2D eigenvalue weighted by atomic mass is 32.2. The summed E-state index contributed by atoms with van der Waals surface area (Å²) in [5.41, 5.74) is 4.40. The molecule has 0 bridgehead atoms. The van der Waals surface area contributed by atoms with Gasteiger partial charge in [0.05, 0.1) is 4.90 Å². The number of sulfone groups is 1. The smallest absolute Gasteiger partial charge is 0.253 e. The van der Waals surface area contributed by atoms with Gasteiger partial charge in [-0.05, 0) is 49.4 Å². The topological polar surface area (TPSA) is 68.2 Å². The minimum Gasteiger partial charge on any atom is -0.385 e. The van der Waals surface area contributed by atoms with Crippen LogP contribution in [0.2, 0.25) is 0 Å². The molecule has 2 heterocycles. The molecule has 0 radical (unpaired) electrons. The van der Waals surface area contributed by atoms with Gasteiger partial charge in [0, 0.05) is 47.4 Å². The van der Waals surface area contributed by atoms with Crippen LogP contribution < -0.4 is 10.9 Å². The van der Waals surface area contributed by atoms with E-state index in [2.05, 4.69) is 26.1 Å². The molecule has 1 aromatic carbocycles. The number of hydrogen-bond donors (Lipinski definition) is 1. The number of aryl methyl sites for hydroxylation is 1. The van der Waals surface area contributed by atoms with Gasteiger partial charge in [0.2, 0.25) is 0 Å².